The van der Waals surface area contributed by atoms with Crippen LogP contribution >= 0.6 is 31.9 Å². The summed E-state index contributed by atoms with van der Waals surface area (Å²) in [6.07, 6.45) is 3.06. The normalized spacial score (nSPS) is 15.1. The van der Waals surface area contributed by atoms with Crippen LogP contribution in [0.4, 0.5) is 0 Å². The van der Waals surface area contributed by atoms with E-state index in [0.29, 0.717) is 35.4 Å². The van der Waals surface area contributed by atoms with Gasteiger partial charge < -0.3 is 19.6 Å². The first-order valence-electron chi connectivity index (χ1n) is 11.9. The lowest BCUT2D eigenvalue weighted by atomic mass is 9.95. The number of carbonyl (C=O) groups excluding carboxylic acids is 2. The number of H-pyrrole nitrogens is 1. The molecule has 1 aliphatic heterocycles. The first-order chi connectivity index (χ1) is 17.3. The van der Waals surface area contributed by atoms with Crippen LogP contribution in [-0.2, 0) is 16.1 Å². The van der Waals surface area contributed by atoms with Crippen LogP contribution in [-0.4, -0.2) is 57.1 Å². The molecule has 0 fully saturated rings. The number of nitrogens with zero attached hydrogens (tertiary/aromatic N) is 2. The second-order valence-electron chi connectivity index (χ2n) is 8.92. The number of imide groups is 1. The number of aliphatic hydroxyl groups excluding tert-OH is 1. The van der Waals surface area contributed by atoms with Gasteiger partial charge in [0.15, 0.2) is 0 Å². The predicted octanol–water partition coefficient (Wildman–Crippen LogP) is 4.92. The zero-order valence-corrected chi connectivity index (χ0v) is 23.1. The van der Waals surface area contributed by atoms with Gasteiger partial charge in [-0.15, -0.1) is 0 Å². The Morgan fingerprint density at radius 1 is 0.944 bits per heavy atom. The van der Waals surface area contributed by atoms with Crippen molar-refractivity contribution in [2.75, 3.05) is 19.6 Å². The summed E-state index contributed by atoms with van der Waals surface area (Å²) >= 11 is 7.06. The minimum Gasteiger partial charge on any atom is -0.390 e. The Labute approximate surface area is 225 Å². The smallest absolute Gasteiger partial charge is 0.259 e. The van der Waals surface area contributed by atoms with E-state index in [4.69, 9.17) is 0 Å². The number of halogens is 2. The molecule has 4 aromatic rings. The molecule has 0 spiro atoms. The van der Waals surface area contributed by atoms with E-state index in [1.807, 2.05) is 47.2 Å². The van der Waals surface area contributed by atoms with Crippen molar-refractivity contribution >= 4 is 76.6 Å². The van der Waals surface area contributed by atoms with Crippen LogP contribution in [0.25, 0.3) is 33.0 Å². The fourth-order valence-electron chi connectivity index (χ4n) is 4.95. The minimum absolute atomic E-state index is 0.334. The number of carbonyl (C=O) groups is 2. The number of aliphatic hydroxyl groups is 1. The van der Waals surface area contributed by atoms with Gasteiger partial charge in [0.2, 0.25) is 0 Å². The Hall–Kier alpha value is -2.72. The maximum atomic E-state index is 13.2. The largest absolute Gasteiger partial charge is 0.390 e. The number of amides is 2. The number of aromatic nitrogens is 2. The van der Waals surface area contributed by atoms with Gasteiger partial charge in [-0.3, -0.25) is 14.9 Å². The van der Waals surface area contributed by atoms with E-state index in [2.05, 4.69) is 60.9 Å². The number of likely N-dealkylation sites (N-methyl/N-ethyl adjacent to an activating group) is 1. The summed E-state index contributed by atoms with van der Waals surface area (Å²) in [4.78, 5) is 31.7. The predicted molar refractivity (Wildman–Crippen MR) is 149 cm³/mol. The Morgan fingerprint density at radius 3 is 2.28 bits per heavy atom. The van der Waals surface area contributed by atoms with Gasteiger partial charge in [0.25, 0.3) is 11.8 Å². The average molecular weight is 614 g/mol. The summed E-state index contributed by atoms with van der Waals surface area (Å²) in [5.74, 6) is -0.851. The highest BCUT2D eigenvalue weighted by atomic mass is 79.9. The monoisotopic (exact) mass is 612 g/mol. The lowest BCUT2D eigenvalue weighted by molar-refractivity contribution is -0.122. The van der Waals surface area contributed by atoms with Gasteiger partial charge >= 0.3 is 0 Å². The van der Waals surface area contributed by atoms with Crippen molar-refractivity contribution < 1.29 is 14.7 Å². The van der Waals surface area contributed by atoms with Crippen molar-refractivity contribution in [1.29, 1.82) is 0 Å². The molecule has 0 aliphatic carbocycles. The van der Waals surface area contributed by atoms with Gasteiger partial charge in [0, 0.05) is 67.4 Å². The highest BCUT2D eigenvalue weighted by Crippen LogP contribution is 2.39. The van der Waals surface area contributed by atoms with Gasteiger partial charge in [-0.25, -0.2) is 0 Å². The van der Waals surface area contributed by atoms with E-state index in [1.54, 1.807) is 6.20 Å². The first-order valence-corrected chi connectivity index (χ1v) is 13.4. The Morgan fingerprint density at radius 2 is 1.58 bits per heavy atom. The van der Waals surface area contributed by atoms with Crippen molar-refractivity contribution in [3.63, 3.8) is 0 Å². The molecule has 2 aromatic heterocycles. The zero-order chi connectivity index (χ0) is 25.6. The molecule has 9 heteroatoms. The first kappa shape index (κ1) is 25.0. The van der Waals surface area contributed by atoms with Gasteiger partial charge in [-0.1, -0.05) is 45.7 Å². The molecule has 36 heavy (non-hydrogen) atoms. The molecule has 0 bridgehead atoms. The van der Waals surface area contributed by atoms with Crippen molar-refractivity contribution in [3.8, 4) is 0 Å². The van der Waals surface area contributed by atoms with E-state index in [-0.39, 0.29) is 0 Å². The highest BCUT2D eigenvalue weighted by Gasteiger charge is 2.35. The zero-order valence-electron chi connectivity index (χ0n) is 19.9. The van der Waals surface area contributed by atoms with Crippen LogP contribution in [0, 0.1) is 0 Å². The SMILES string of the molecule is CCN(CC)CC(O)Cn1cc(C2=C(c3c[nH]c4ccc(Br)cc34)C(=O)NC2=O)c2cc(Br)ccc21. The molecule has 0 radical (unpaired) electrons. The fraction of sp³-hybridized carbons (Fsp3) is 0.259. The number of nitrogens with one attached hydrogen (secondary N) is 2. The number of fused-ring (bicyclic) bond motifs is 2. The van der Waals surface area contributed by atoms with E-state index in [9.17, 15) is 14.7 Å². The Bertz CT molecular complexity index is 1530. The molecule has 2 amide bonds. The fourth-order valence-corrected chi connectivity index (χ4v) is 5.68. The van der Waals surface area contributed by atoms with Gasteiger partial charge in [-0.2, -0.15) is 0 Å². The molecule has 1 atom stereocenters. The highest BCUT2D eigenvalue weighted by molar-refractivity contribution is 9.10. The molecule has 3 N–H and O–H groups in total. The molecular formula is C27H26Br2N4O3. The standard InChI is InChI=1S/C27H26Br2N4O3/c1-3-32(4-2)12-17(34)13-33-14-21(19-10-16(29)6-8-23(19)33)25-24(26(35)31-27(25)36)20-11-30-22-7-5-15(28)9-18(20)22/h5-11,14,17,30,34H,3-4,12-13H2,1-2H3,(H,31,35,36). The Kier molecular flexibility index (Phi) is 6.91. The van der Waals surface area contributed by atoms with E-state index in [0.717, 1.165) is 43.8 Å². The van der Waals surface area contributed by atoms with Gasteiger partial charge in [-0.05, 0) is 49.5 Å². The summed E-state index contributed by atoms with van der Waals surface area (Å²) in [6.45, 7) is 6.78. The second kappa shape index (κ2) is 9.97. The molecular weight excluding hydrogens is 588 g/mol. The molecule has 1 aliphatic rings. The quantitative estimate of drug-likeness (QED) is 0.246. The Balaban J connectivity index is 1.68. The van der Waals surface area contributed by atoms with Gasteiger partial charge in [0.05, 0.1) is 17.3 Å². The van der Waals surface area contributed by atoms with Crippen molar-refractivity contribution in [1.82, 2.24) is 19.8 Å². The van der Waals surface area contributed by atoms with Crippen LogP contribution in [0.1, 0.15) is 25.0 Å². The number of aromatic amines is 1. The third kappa shape index (κ3) is 4.45. The van der Waals surface area contributed by atoms with Gasteiger partial charge in [0.1, 0.15) is 0 Å². The summed E-state index contributed by atoms with van der Waals surface area (Å²) in [5.41, 5.74) is 3.75. The number of rotatable bonds is 8. The average Bonchev–Trinajstić information content (AvgIpc) is 3.49. The maximum Gasteiger partial charge on any atom is 0.259 e. The molecule has 3 heterocycles. The topological polar surface area (TPSA) is 90.4 Å². The summed E-state index contributed by atoms with van der Waals surface area (Å²) < 4.78 is 3.71. The van der Waals surface area contributed by atoms with Crippen LogP contribution in [0.2, 0.25) is 0 Å². The lowest BCUT2D eigenvalue weighted by Gasteiger charge is -2.22. The van der Waals surface area contributed by atoms with Crippen molar-refractivity contribution in [3.05, 3.63) is 68.9 Å². The molecule has 1 unspecified atom stereocenters. The maximum absolute atomic E-state index is 13.2. The molecule has 5 rings (SSSR count). The summed E-state index contributed by atoms with van der Waals surface area (Å²) in [5, 5.41) is 15.0. The van der Waals surface area contributed by atoms with Crippen molar-refractivity contribution in [2.24, 2.45) is 0 Å². The molecule has 7 nitrogen and oxygen atoms in total. The summed E-state index contributed by atoms with van der Waals surface area (Å²) in [7, 11) is 0. The van der Waals surface area contributed by atoms with E-state index in [1.165, 1.54) is 0 Å². The molecule has 0 saturated heterocycles. The lowest BCUT2D eigenvalue weighted by Crippen LogP contribution is -2.34. The number of hydrogen-bond donors (Lipinski definition) is 3. The van der Waals surface area contributed by atoms with Crippen LogP contribution in [0.5, 0.6) is 0 Å². The third-order valence-corrected chi connectivity index (χ3v) is 7.71. The molecule has 0 saturated carbocycles. The minimum atomic E-state index is -0.588. The molecule has 186 valence electrons. The van der Waals surface area contributed by atoms with Crippen LogP contribution in [0.15, 0.2) is 57.7 Å². The number of benzene rings is 2. The second-order valence-corrected chi connectivity index (χ2v) is 10.8. The van der Waals surface area contributed by atoms with E-state index < -0.39 is 17.9 Å². The number of hydrogen-bond acceptors (Lipinski definition) is 4. The van der Waals surface area contributed by atoms with E-state index >= 15 is 0 Å². The van der Waals surface area contributed by atoms with Crippen LogP contribution < -0.4 is 5.32 Å². The third-order valence-electron chi connectivity index (χ3n) is 6.73. The van der Waals surface area contributed by atoms with Crippen molar-refractivity contribution in [2.45, 2.75) is 26.5 Å². The molecule has 2 aromatic carbocycles. The summed E-state index contributed by atoms with van der Waals surface area (Å²) in [6, 6.07) is 11.6. The van der Waals surface area contributed by atoms with Crippen LogP contribution in [0.3, 0.4) is 0 Å².